The lowest BCUT2D eigenvalue weighted by Crippen LogP contribution is -2.15. The molecule has 0 aliphatic heterocycles. The number of nitro benzene ring substituents is 1. The summed E-state index contributed by atoms with van der Waals surface area (Å²) in [7, 11) is -4.46. The average molecular weight is 381 g/mol. The van der Waals surface area contributed by atoms with Crippen LogP contribution in [0.1, 0.15) is 5.56 Å². The molecule has 2 rings (SSSR count). The Labute approximate surface area is 139 Å². The summed E-state index contributed by atoms with van der Waals surface area (Å²) >= 11 is 5.61. The molecule has 0 saturated heterocycles. The van der Waals surface area contributed by atoms with Crippen LogP contribution in [-0.2, 0) is 16.2 Å². The van der Waals surface area contributed by atoms with E-state index in [1.54, 1.807) is 0 Å². The number of nitrogens with one attached hydrogen (secondary N) is 1. The maximum atomic E-state index is 12.7. The maximum absolute atomic E-state index is 12.7. The molecule has 0 radical (unpaired) electrons. The molecule has 128 valence electrons. The van der Waals surface area contributed by atoms with Crippen molar-refractivity contribution in [1.82, 2.24) is 0 Å². The van der Waals surface area contributed by atoms with Crippen molar-refractivity contribution in [2.45, 2.75) is 11.1 Å². The summed E-state index contributed by atoms with van der Waals surface area (Å²) in [6, 6.07) is 6.19. The molecular formula is C13H8ClF3N2O4S. The Balaban J connectivity index is 2.45. The molecule has 0 aliphatic carbocycles. The highest BCUT2D eigenvalue weighted by atomic mass is 35.5. The van der Waals surface area contributed by atoms with Crippen LogP contribution in [0.15, 0.2) is 47.4 Å². The molecule has 0 bridgehead atoms. The summed E-state index contributed by atoms with van der Waals surface area (Å²) in [5.41, 5.74) is -2.20. The molecule has 0 spiro atoms. The van der Waals surface area contributed by atoms with Gasteiger partial charge in [0.15, 0.2) is 0 Å². The van der Waals surface area contributed by atoms with Gasteiger partial charge in [-0.15, -0.1) is 0 Å². The van der Waals surface area contributed by atoms with Crippen LogP contribution in [0.4, 0.5) is 24.5 Å². The second-order valence-electron chi connectivity index (χ2n) is 4.55. The number of alkyl halides is 3. The van der Waals surface area contributed by atoms with Gasteiger partial charge in [-0.25, -0.2) is 8.42 Å². The number of nitrogens with zero attached hydrogens (tertiary/aromatic N) is 1. The number of hydrogen-bond acceptors (Lipinski definition) is 4. The van der Waals surface area contributed by atoms with Gasteiger partial charge >= 0.3 is 6.18 Å². The fraction of sp³-hybridized carbons (Fsp3) is 0.0769. The van der Waals surface area contributed by atoms with Crippen molar-refractivity contribution < 1.29 is 26.5 Å². The Morgan fingerprint density at radius 3 is 2.38 bits per heavy atom. The van der Waals surface area contributed by atoms with Crippen LogP contribution in [0.25, 0.3) is 0 Å². The molecule has 0 unspecified atom stereocenters. The van der Waals surface area contributed by atoms with E-state index in [1.165, 1.54) is 6.07 Å². The first-order valence-electron chi connectivity index (χ1n) is 6.15. The summed E-state index contributed by atoms with van der Waals surface area (Å²) < 4.78 is 64.3. The standard InChI is InChI=1S/C13H8ClF3N2O4S/c14-9-4-5-11(12(7-9)19(20)21)18-24(22,23)10-3-1-2-8(6-10)13(15,16)17/h1-7,18H. The largest absolute Gasteiger partial charge is 0.416 e. The van der Waals surface area contributed by atoms with Crippen LogP contribution in [-0.4, -0.2) is 13.3 Å². The van der Waals surface area contributed by atoms with Gasteiger partial charge < -0.3 is 0 Å². The Kier molecular flexibility index (Phi) is 4.72. The van der Waals surface area contributed by atoms with Crippen molar-refractivity contribution >= 4 is 33.0 Å². The SMILES string of the molecule is O=[N+]([O-])c1cc(Cl)ccc1NS(=O)(=O)c1cccc(C(F)(F)F)c1. The zero-order chi connectivity index (χ0) is 18.1. The Morgan fingerprint density at radius 1 is 1.12 bits per heavy atom. The van der Waals surface area contributed by atoms with E-state index in [4.69, 9.17) is 11.6 Å². The first kappa shape index (κ1) is 18.0. The smallest absolute Gasteiger partial charge is 0.273 e. The van der Waals surface area contributed by atoms with E-state index in [9.17, 15) is 31.7 Å². The summed E-state index contributed by atoms with van der Waals surface area (Å²) in [6.45, 7) is 0. The van der Waals surface area contributed by atoms with E-state index >= 15 is 0 Å². The van der Waals surface area contributed by atoms with E-state index in [2.05, 4.69) is 0 Å². The van der Waals surface area contributed by atoms with Crippen LogP contribution in [0.2, 0.25) is 5.02 Å². The van der Waals surface area contributed by atoms with Gasteiger partial charge in [0.25, 0.3) is 15.7 Å². The highest BCUT2D eigenvalue weighted by Gasteiger charge is 2.32. The van der Waals surface area contributed by atoms with Crippen LogP contribution in [0.3, 0.4) is 0 Å². The average Bonchev–Trinajstić information content (AvgIpc) is 2.48. The number of benzene rings is 2. The van der Waals surface area contributed by atoms with Gasteiger partial charge in [0.2, 0.25) is 0 Å². The van der Waals surface area contributed by atoms with Gasteiger partial charge in [-0.1, -0.05) is 17.7 Å². The molecule has 2 aromatic rings. The molecule has 24 heavy (non-hydrogen) atoms. The predicted molar refractivity (Wildman–Crippen MR) is 80.4 cm³/mol. The fourth-order valence-electron chi connectivity index (χ4n) is 1.79. The van der Waals surface area contributed by atoms with Crippen LogP contribution >= 0.6 is 11.6 Å². The van der Waals surface area contributed by atoms with Gasteiger partial charge in [0.1, 0.15) is 5.69 Å². The molecule has 0 atom stereocenters. The predicted octanol–water partition coefficient (Wildman–Crippen LogP) is 4.07. The van der Waals surface area contributed by atoms with Crippen LogP contribution in [0, 0.1) is 10.1 Å². The van der Waals surface area contributed by atoms with E-state index in [0.29, 0.717) is 12.1 Å². The first-order valence-corrected chi connectivity index (χ1v) is 8.01. The fourth-order valence-corrected chi connectivity index (χ4v) is 3.07. The van der Waals surface area contributed by atoms with Crippen molar-refractivity contribution in [1.29, 1.82) is 0 Å². The molecule has 0 fully saturated rings. The normalized spacial score (nSPS) is 12.0. The molecule has 0 amide bonds. The third kappa shape index (κ3) is 3.95. The number of halogens is 4. The molecule has 6 nitrogen and oxygen atoms in total. The van der Waals surface area contributed by atoms with E-state index in [1.807, 2.05) is 4.72 Å². The number of nitro groups is 1. The van der Waals surface area contributed by atoms with Crippen LogP contribution < -0.4 is 4.72 Å². The molecule has 0 heterocycles. The number of hydrogen-bond donors (Lipinski definition) is 1. The highest BCUT2D eigenvalue weighted by molar-refractivity contribution is 7.92. The molecule has 0 saturated carbocycles. The molecule has 2 aromatic carbocycles. The zero-order valence-electron chi connectivity index (χ0n) is 11.5. The van der Waals surface area contributed by atoms with Crippen molar-refractivity contribution in [3.05, 3.63) is 63.2 Å². The quantitative estimate of drug-likeness (QED) is 0.639. The van der Waals surface area contributed by atoms with Crippen molar-refractivity contribution in [3.63, 3.8) is 0 Å². The number of rotatable bonds is 4. The minimum Gasteiger partial charge on any atom is -0.273 e. The lowest BCUT2D eigenvalue weighted by atomic mass is 10.2. The van der Waals surface area contributed by atoms with Crippen molar-refractivity contribution in [3.8, 4) is 0 Å². The number of sulfonamides is 1. The third-order valence-electron chi connectivity index (χ3n) is 2.87. The van der Waals surface area contributed by atoms with Gasteiger partial charge in [0, 0.05) is 11.1 Å². The summed E-state index contributed by atoms with van der Waals surface area (Å²) in [5.74, 6) is 0. The van der Waals surface area contributed by atoms with E-state index in [0.717, 1.165) is 24.3 Å². The molecule has 0 aliphatic rings. The van der Waals surface area contributed by atoms with Crippen molar-refractivity contribution in [2.75, 3.05) is 4.72 Å². The van der Waals surface area contributed by atoms with Gasteiger partial charge in [0.05, 0.1) is 15.4 Å². The third-order valence-corrected chi connectivity index (χ3v) is 4.47. The van der Waals surface area contributed by atoms with Gasteiger partial charge in [-0.3, -0.25) is 14.8 Å². The lowest BCUT2D eigenvalue weighted by molar-refractivity contribution is -0.383. The minimum absolute atomic E-state index is 0.00344. The summed E-state index contributed by atoms with van der Waals surface area (Å²) in [6.07, 6.45) is -4.72. The molecule has 0 aromatic heterocycles. The van der Waals surface area contributed by atoms with E-state index in [-0.39, 0.29) is 5.02 Å². The Bertz CT molecular complexity index is 900. The zero-order valence-corrected chi connectivity index (χ0v) is 13.1. The summed E-state index contributed by atoms with van der Waals surface area (Å²) in [4.78, 5) is 9.40. The van der Waals surface area contributed by atoms with Gasteiger partial charge in [-0.05, 0) is 30.3 Å². The van der Waals surface area contributed by atoms with E-state index < -0.39 is 43.0 Å². The number of anilines is 1. The monoisotopic (exact) mass is 380 g/mol. The Morgan fingerprint density at radius 2 is 1.79 bits per heavy atom. The second kappa shape index (κ2) is 6.29. The first-order chi connectivity index (χ1) is 11.0. The topological polar surface area (TPSA) is 89.3 Å². The molecule has 1 N–H and O–H groups in total. The van der Waals surface area contributed by atoms with Crippen LogP contribution in [0.5, 0.6) is 0 Å². The summed E-state index contributed by atoms with van der Waals surface area (Å²) in [5, 5.41) is 10.9. The molecule has 11 heteroatoms. The Hall–Kier alpha value is -2.33. The lowest BCUT2D eigenvalue weighted by Gasteiger charge is -2.11. The van der Waals surface area contributed by atoms with Gasteiger partial charge in [-0.2, -0.15) is 13.2 Å². The minimum atomic E-state index is -4.72. The molecular weight excluding hydrogens is 373 g/mol. The van der Waals surface area contributed by atoms with Crippen molar-refractivity contribution in [2.24, 2.45) is 0 Å². The second-order valence-corrected chi connectivity index (χ2v) is 6.67. The maximum Gasteiger partial charge on any atom is 0.416 e. The highest BCUT2D eigenvalue weighted by Crippen LogP contribution is 2.32.